The average Bonchev–Trinajstić information content (AvgIpc) is 2.71. The highest BCUT2D eigenvalue weighted by atomic mass is 79.9. The summed E-state index contributed by atoms with van der Waals surface area (Å²) in [6, 6.07) is 7.59. The first-order chi connectivity index (χ1) is 10.9. The van der Waals surface area contributed by atoms with Crippen molar-refractivity contribution in [1.82, 2.24) is 16.0 Å². The second-order valence-electron chi connectivity index (χ2n) is 6.39. The molecule has 1 atom stereocenters. The number of rotatable bonds is 5. The first-order valence-electron chi connectivity index (χ1n) is 7.96. The Morgan fingerprint density at radius 1 is 1.30 bits per heavy atom. The van der Waals surface area contributed by atoms with Crippen LogP contribution in [0.5, 0.6) is 0 Å². The molecule has 0 spiro atoms. The third kappa shape index (κ3) is 5.32. The van der Waals surface area contributed by atoms with Crippen LogP contribution in [0.4, 0.5) is 0 Å². The fraction of sp³-hybridized carbons (Fsp3) is 0.529. The Kier molecular flexibility index (Phi) is 6.18. The van der Waals surface area contributed by atoms with Gasteiger partial charge < -0.3 is 10.6 Å². The Balaban J connectivity index is 1.87. The third-order valence-corrected chi connectivity index (χ3v) is 4.66. The summed E-state index contributed by atoms with van der Waals surface area (Å²) in [6.07, 6.45) is 2.61. The molecule has 1 unspecified atom stereocenters. The van der Waals surface area contributed by atoms with Crippen LogP contribution in [0.15, 0.2) is 28.7 Å². The zero-order valence-electron chi connectivity index (χ0n) is 13.6. The van der Waals surface area contributed by atoms with E-state index in [1.165, 1.54) is 0 Å². The molecule has 0 aliphatic carbocycles. The number of benzene rings is 1. The molecule has 1 fully saturated rings. The van der Waals surface area contributed by atoms with E-state index in [9.17, 15) is 9.59 Å². The molecular weight excluding hydrogens is 358 g/mol. The largest absolute Gasteiger partial charge is 0.354 e. The van der Waals surface area contributed by atoms with E-state index in [0.29, 0.717) is 13.0 Å². The molecule has 126 valence electrons. The highest BCUT2D eigenvalue weighted by Gasteiger charge is 2.24. The zero-order chi connectivity index (χ0) is 16.9. The maximum absolute atomic E-state index is 12.1. The number of hydrogen-bond acceptors (Lipinski definition) is 3. The van der Waals surface area contributed by atoms with E-state index < -0.39 is 6.04 Å². The first kappa shape index (κ1) is 17.9. The normalized spacial score (nSPS) is 18.9. The van der Waals surface area contributed by atoms with Crippen molar-refractivity contribution in [2.75, 3.05) is 13.1 Å². The van der Waals surface area contributed by atoms with E-state index in [1.807, 2.05) is 38.1 Å². The summed E-state index contributed by atoms with van der Waals surface area (Å²) in [6.45, 7) is 4.93. The second kappa shape index (κ2) is 7.93. The molecule has 0 bridgehead atoms. The summed E-state index contributed by atoms with van der Waals surface area (Å²) in [4.78, 5) is 24.0. The molecule has 1 aromatic rings. The summed E-state index contributed by atoms with van der Waals surface area (Å²) >= 11 is 3.42. The van der Waals surface area contributed by atoms with Crippen LogP contribution in [0.3, 0.4) is 0 Å². The topological polar surface area (TPSA) is 70.2 Å². The van der Waals surface area contributed by atoms with Gasteiger partial charge in [-0.05, 0) is 50.8 Å². The van der Waals surface area contributed by atoms with Crippen LogP contribution < -0.4 is 16.0 Å². The lowest BCUT2D eigenvalue weighted by Gasteiger charge is -2.27. The monoisotopic (exact) mass is 381 g/mol. The van der Waals surface area contributed by atoms with Crippen molar-refractivity contribution in [2.45, 2.75) is 44.7 Å². The predicted molar refractivity (Wildman–Crippen MR) is 94.0 cm³/mol. The van der Waals surface area contributed by atoms with Crippen molar-refractivity contribution in [3.63, 3.8) is 0 Å². The van der Waals surface area contributed by atoms with Crippen LogP contribution in [-0.4, -0.2) is 30.9 Å². The Hall–Kier alpha value is -1.40. The summed E-state index contributed by atoms with van der Waals surface area (Å²) < 4.78 is 1.02. The Morgan fingerprint density at radius 2 is 2.00 bits per heavy atom. The molecule has 0 radical (unpaired) electrons. The van der Waals surface area contributed by atoms with Crippen molar-refractivity contribution in [3.05, 3.63) is 34.3 Å². The van der Waals surface area contributed by atoms with E-state index in [2.05, 4.69) is 31.9 Å². The molecule has 1 heterocycles. The van der Waals surface area contributed by atoms with Gasteiger partial charge in [0.2, 0.25) is 11.8 Å². The van der Waals surface area contributed by atoms with Gasteiger partial charge in [-0.2, -0.15) is 0 Å². The van der Waals surface area contributed by atoms with Gasteiger partial charge in [-0.15, -0.1) is 0 Å². The molecule has 1 aromatic carbocycles. The summed E-state index contributed by atoms with van der Waals surface area (Å²) in [5.74, 6) is -0.236. The van der Waals surface area contributed by atoms with Crippen LogP contribution in [0.2, 0.25) is 0 Å². The maximum Gasteiger partial charge on any atom is 0.242 e. The van der Waals surface area contributed by atoms with Crippen LogP contribution >= 0.6 is 15.9 Å². The predicted octanol–water partition coefficient (Wildman–Crippen LogP) is 2.06. The van der Waals surface area contributed by atoms with Crippen LogP contribution in [-0.2, 0) is 15.1 Å². The number of halogens is 1. The fourth-order valence-corrected chi connectivity index (χ4v) is 2.86. The lowest BCUT2D eigenvalue weighted by Crippen LogP contribution is -2.50. The van der Waals surface area contributed by atoms with Crippen LogP contribution in [0.25, 0.3) is 0 Å². The molecule has 0 saturated carbocycles. The molecule has 2 rings (SSSR count). The van der Waals surface area contributed by atoms with Crippen molar-refractivity contribution < 1.29 is 9.59 Å². The molecule has 3 N–H and O–H groups in total. The highest BCUT2D eigenvalue weighted by Crippen LogP contribution is 2.21. The van der Waals surface area contributed by atoms with E-state index in [-0.39, 0.29) is 23.9 Å². The van der Waals surface area contributed by atoms with Crippen LogP contribution in [0.1, 0.15) is 38.7 Å². The number of amides is 2. The molecular formula is C17H24BrN3O2. The van der Waals surface area contributed by atoms with Gasteiger partial charge in [0.05, 0.1) is 6.54 Å². The lowest BCUT2D eigenvalue weighted by molar-refractivity contribution is -0.128. The first-order valence-corrected chi connectivity index (χ1v) is 8.76. The molecule has 23 heavy (non-hydrogen) atoms. The molecule has 5 nitrogen and oxygen atoms in total. The van der Waals surface area contributed by atoms with Gasteiger partial charge in [0.1, 0.15) is 6.04 Å². The maximum atomic E-state index is 12.1. The minimum absolute atomic E-state index is 0.0805. The number of carbonyl (C=O) groups is 2. The van der Waals surface area contributed by atoms with Gasteiger partial charge in [0.15, 0.2) is 0 Å². The molecule has 6 heteroatoms. The van der Waals surface area contributed by atoms with E-state index in [4.69, 9.17) is 0 Å². The van der Waals surface area contributed by atoms with Crippen molar-refractivity contribution in [1.29, 1.82) is 0 Å². The minimum Gasteiger partial charge on any atom is -0.354 e. The molecule has 1 aliphatic rings. The molecule has 1 aliphatic heterocycles. The second-order valence-corrected chi connectivity index (χ2v) is 7.31. The van der Waals surface area contributed by atoms with Gasteiger partial charge in [-0.3, -0.25) is 14.9 Å². The van der Waals surface area contributed by atoms with Gasteiger partial charge in [-0.1, -0.05) is 28.1 Å². The number of carbonyl (C=O) groups excluding carboxylic acids is 2. The van der Waals surface area contributed by atoms with Gasteiger partial charge in [0.25, 0.3) is 0 Å². The van der Waals surface area contributed by atoms with E-state index >= 15 is 0 Å². The van der Waals surface area contributed by atoms with Gasteiger partial charge in [-0.25, -0.2) is 0 Å². The number of hydrogen-bond donors (Lipinski definition) is 3. The quantitative estimate of drug-likeness (QED) is 0.730. The van der Waals surface area contributed by atoms with Gasteiger partial charge >= 0.3 is 0 Å². The lowest BCUT2D eigenvalue weighted by atomic mass is 9.94. The van der Waals surface area contributed by atoms with Crippen molar-refractivity contribution >= 4 is 27.7 Å². The van der Waals surface area contributed by atoms with Gasteiger partial charge in [0, 0.05) is 16.6 Å². The molecule has 1 saturated heterocycles. The fourth-order valence-electron chi connectivity index (χ4n) is 2.59. The van der Waals surface area contributed by atoms with E-state index in [0.717, 1.165) is 22.9 Å². The Labute approximate surface area is 145 Å². The minimum atomic E-state index is -0.414. The summed E-state index contributed by atoms with van der Waals surface area (Å²) in [5, 5.41) is 8.90. The summed E-state index contributed by atoms with van der Waals surface area (Å²) in [5.41, 5.74) is 0.768. The van der Waals surface area contributed by atoms with Crippen molar-refractivity contribution in [3.8, 4) is 0 Å². The Bertz CT molecular complexity index is 557. The standard InChI is InChI=1S/C17H24BrN3O2/c1-17(2,12-6-8-13(18)9-7-12)20-11-15(22)21-14-5-3-4-10-19-16(14)23/h6-9,14,20H,3-5,10-11H2,1-2H3,(H,19,23)(H,21,22). The third-order valence-electron chi connectivity index (χ3n) is 4.13. The van der Waals surface area contributed by atoms with Crippen LogP contribution in [0, 0.1) is 0 Å². The molecule has 0 aromatic heterocycles. The van der Waals surface area contributed by atoms with E-state index in [1.54, 1.807) is 0 Å². The van der Waals surface area contributed by atoms with Crippen molar-refractivity contribution in [2.24, 2.45) is 0 Å². The average molecular weight is 382 g/mol. The highest BCUT2D eigenvalue weighted by molar-refractivity contribution is 9.10. The SMILES string of the molecule is CC(C)(NCC(=O)NC1CCCCNC1=O)c1ccc(Br)cc1. The smallest absolute Gasteiger partial charge is 0.242 e. The number of nitrogens with one attached hydrogen (secondary N) is 3. The summed E-state index contributed by atoms with van der Waals surface area (Å²) in [7, 11) is 0. The zero-order valence-corrected chi connectivity index (χ0v) is 15.2. The Morgan fingerprint density at radius 3 is 2.70 bits per heavy atom. The molecule has 2 amide bonds.